The van der Waals surface area contributed by atoms with Crippen LogP contribution in [0, 0.1) is 28.6 Å². The Bertz CT molecular complexity index is 943. The second-order valence-corrected chi connectivity index (χ2v) is 9.69. The van der Waals surface area contributed by atoms with Crippen molar-refractivity contribution in [2.24, 2.45) is 17.3 Å². The summed E-state index contributed by atoms with van der Waals surface area (Å²) >= 11 is 1.38. The van der Waals surface area contributed by atoms with Gasteiger partial charge in [-0.25, -0.2) is 9.97 Å². The summed E-state index contributed by atoms with van der Waals surface area (Å²) in [6.45, 7) is 5.32. The van der Waals surface area contributed by atoms with Crippen LogP contribution in [0.4, 0.5) is 0 Å². The fourth-order valence-corrected chi connectivity index (χ4v) is 4.34. The van der Waals surface area contributed by atoms with E-state index in [-0.39, 0.29) is 23.2 Å². The van der Waals surface area contributed by atoms with E-state index in [0.29, 0.717) is 43.2 Å². The SMILES string of the molecule is CC(=O)C[C@@H](C)COC1CC(COc2ccc3nc(OCC4(C#N)CC4)sc3n2)C1. The molecule has 2 aromatic heterocycles. The lowest BCUT2D eigenvalue weighted by molar-refractivity contribution is -0.119. The molecule has 2 aliphatic carbocycles. The number of rotatable bonds is 11. The first-order chi connectivity index (χ1) is 14.4. The summed E-state index contributed by atoms with van der Waals surface area (Å²) in [7, 11) is 0. The topological polar surface area (TPSA) is 94.3 Å². The third kappa shape index (κ3) is 5.27. The van der Waals surface area contributed by atoms with E-state index in [1.807, 2.05) is 19.1 Å². The molecule has 2 aromatic rings. The van der Waals surface area contributed by atoms with Crippen LogP contribution in [0.2, 0.25) is 0 Å². The Balaban J connectivity index is 1.20. The number of thiazole rings is 1. The highest BCUT2D eigenvalue weighted by atomic mass is 32.1. The van der Waals surface area contributed by atoms with Gasteiger partial charge in [0.25, 0.3) is 5.19 Å². The summed E-state index contributed by atoms with van der Waals surface area (Å²) in [5.41, 5.74) is 0.469. The van der Waals surface area contributed by atoms with E-state index in [9.17, 15) is 4.79 Å². The Morgan fingerprint density at radius 1 is 1.33 bits per heavy atom. The Labute approximate surface area is 180 Å². The van der Waals surface area contributed by atoms with Gasteiger partial charge >= 0.3 is 0 Å². The maximum atomic E-state index is 11.1. The average Bonchev–Trinajstić information content (AvgIpc) is 3.35. The lowest BCUT2D eigenvalue weighted by atomic mass is 9.83. The minimum absolute atomic E-state index is 0.212. The molecular weight excluding hydrogens is 402 g/mol. The first kappa shape index (κ1) is 21.0. The number of nitriles is 1. The van der Waals surface area contributed by atoms with Crippen molar-refractivity contribution < 1.29 is 19.0 Å². The van der Waals surface area contributed by atoms with Gasteiger partial charge in [0.05, 0.1) is 24.2 Å². The van der Waals surface area contributed by atoms with Crippen LogP contribution in [0.25, 0.3) is 10.3 Å². The van der Waals surface area contributed by atoms with Crippen LogP contribution < -0.4 is 9.47 Å². The lowest BCUT2D eigenvalue weighted by Gasteiger charge is -2.35. The summed E-state index contributed by atoms with van der Waals surface area (Å²) in [5, 5.41) is 9.70. The van der Waals surface area contributed by atoms with Gasteiger partial charge in [0.2, 0.25) is 5.88 Å². The lowest BCUT2D eigenvalue weighted by Crippen LogP contribution is -2.36. The molecule has 7 nitrogen and oxygen atoms in total. The van der Waals surface area contributed by atoms with Crippen molar-refractivity contribution in [3.63, 3.8) is 0 Å². The quantitative estimate of drug-likeness (QED) is 0.529. The van der Waals surface area contributed by atoms with E-state index < -0.39 is 0 Å². The van der Waals surface area contributed by atoms with Crippen molar-refractivity contribution in [2.75, 3.05) is 19.8 Å². The van der Waals surface area contributed by atoms with E-state index in [0.717, 1.165) is 36.0 Å². The average molecular weight is 430 g/mol. The van der Waals surface area contributed by atoms with Gasteiger partial charge in [-0.05, 0) is 50.5 Å². The minimum atomic E-state index is -0.310. The van der Waals surface area contributed by atoms with Gasteiger partial charge in [-0.15, -0.1) is 0 Å². The summed E-state index contributed by atoms with van der Waals surface area (Å²) in [6.07, 6.45) is 4.61. The van der Waals surface area contributed by atoms with Crippen LogP contribution in [0.5, 0.6) is 11.1 Å². The monoisotopic (exact) mass is 429 g/mol. The molecule has 0 bridgehead atoms. The van der Waals surface area contributed by atoms with Gasteiger partial charge in [-0.3, -0.25) is 0 Å². The minimum Gasteiger partial charge on any atom is -0.477 e. The fourth-order valence-electron chi connectivity index (χ4n) is 3.56. The zero-order valence-electron chi connectivity index (χ0n) is 17.4. The van der Waals surface area contributed by atoms with Crippen molar-refractivity contribution >= 4 is 27.5 Å². The molecule has 0 radical (unpaired) electrons. The van der Waals surface area contributed by atoms with Gasteiger partial charge < -0.3 is 19.0 Å². The fraction of sp³-hybridized carbons (Fsp3) is 0.636. The van der Waals surface area contributed by atoms with Crippen molar-refractivity contribution in [1.29, 1.82) is 5.26 Å². The van der Waals surface area contributed by atoms with Crippen molar-refractivity contribution in [3.05, 3.63) is 12.1 Å². The number of aromatic nitrogens is 2. The molecule has 0 unspecified atom stereocenters. The van der Waals surface area contributed by atoms with E-state index in [1.54, 1.807) is 6.92 Å². The van der Waals surface area contributed by atoms with E-state index in [1.165, 1.54) is 11.3 Å². The molecule has 2 heterocycles. The van der Waals surface area contributed by atoms with E-state index in [2.05, 4.69) is 16.0 Å². The molecule has 0 saturated heterocycles. The Kier molecular flexibility index (Phi) is 6.21. The first-order valence-corrected chi connectivity index (χ1v) is 11.3. The van der Waals surface area contributed by atoms with E-state index >= 15 is 0 Å². The van der Waals surface area contributed by atoms with Crippen LogP contribution >= 0.6 is 11.3 Å². The summed E-state index contributed by atoms with van der Waals surface area (Å²) in [5.74, 6) is 1.55. The second kappa shape index (κ2) is 8.86. The van der Waals surface area contributed by atoms with Crippen molar-refractivity contribution in [1.82, 2.24) is 9.97 Å². The van der Waals surface area contributed by atoms with Crippen LogP contribution in [-0.4, -0.2) is 41.7 Å². The highest BCUT2D eigenvalue weighted by Gasteiger charge is 2.44. The van der Waals surface area contributed by atoms with Crippen LogP contribution in [0.1, 0.15) is 46.0 Å². The van der Waals surface area contributed by atoms with Gasteiger partial charge in [0.1, 0.15) is 17.9 Å². The molecular formula is C22H27N3O4S. The molecule has 8 heteroatoms. The number of Topliss-reactive ketones (excluding diaryl/α,β-unsaturated/α-hetero) is 1. The number of pyridine rings is 1. The van der Waals surface area contributed by atoms with Crippen LogP contribution in [0.3, 0.4) is 0 Å². The number of ketones is 1. The molecule has 30 heavy (non-hydrogen) atoms. The maximum Gasteiger partial charge on any atom is 0.275 e. The zero-order chi connectivity index (χ0) is 21.1. The molecule has 0 amide bonds. The first-order valence-electron chi connectivity index (χ1n) is 10.5. The Hall–Kier alpha value is -2.24. The number of hydrogen-bond donors (Lipinski definition) is 0. The summed E-state index contributed by atoms with van der Waals surface area (Å²) in [6, 6.07) is 6.04. The van der Waals surface area contributed by atoms with Crippen LogP contribution in [0.15, 0.2) is 12.1 Å². The van der Waals surface area contributed by atoms with Crippen molar-refractivity contribution in [2.45, 2.75) is 52.1 Å². The van der Waals surface area contributed by atoms with Crippen molar-refractivity contribution in [3.8, 4) is 17.1 Å². The molecule has 1 atom stereocenters. The maximum absolute atomic E-state index is 11.1. The molecule has 4 rings (SSSR count). The van der Waals surface area contributed by atoms with E-state index in [4.69, 9.17) is 19.5 Å². The third-order valence-electron chi connectivity index (χ3n) is 5.68. The molecule has 2 saturated carbocycles. The normalized spacial score (nSPS) is 22.7. The predicted molar refractivity (Wildman–Crippen MR) is 113 cm³/mol. The van der Waals surface area contributed by atoms with Gasteiger partial charge in [-0.2, -0.15) is 5.26 Å². The highest BCUT2D eigenvalue weighted by Crippen LogP contribution is 2.45. The molecule has 0 aliphatic heterocycles. The molecule has 0 spiro atoms. The number of nitrogens with zero attached hydrogens (tertiary/aromatic N) is 3. The van der Waals surface area contributed by atoms with Gasteiger partial charge in [0, 0.05) is 19.1 Å². The molecule has 2 fully saturated rings. The molecule has 2 aliphatic rings. The summed E-state index contributed by atoms with van der Waals surface area (Å²) < 4.78 is 17.5. The second-order valence-electron chi connectivity index (χ2n) is 8.75. The standard InChI is InChI=1S/C22H27N3O4S/c1-14(7-15(2)26)10-27-17-8-16(9-17)11-28-19-4-3-18-20(25-19)30-21(24-18)29-13-22(12-23)5-6-22/h3-4,14,16-17H,5-11,13H2,1-2H3/t14-,16?,17?/m1/s1. The predicted octanol–water partition coefficient (Wildman–Crippen LogP) is 4.16. The number of carbonyl (C=O) groups is 1. The molecule has 160 valence electrons. The molecule has 0 aromatic carbocycles. The highest BCUT2D eigenvalue weighted by molar-refractivity contribution is 7.19. The molecule has 0 N–H and O–H groups in total. The summed E-state index contributed by atoms with van der Waals surface area (Å²) in [4.78, 5) is 20.9. The Morgan fingerprint density at radius 3 is 2.83 bits per heavy atom. The van der Waals surface area contributed by atoms with Gasteiger partial charge in [0.15, 0.2) is 4.83 Å². The number of ether oxygens (including phenoxy) is 3. The van der Waals surface area contributed by atoms with Crippen LogP contribution in [-0.2, 0) is 9.53 Å². The largest absolute Gasteiger partial charge is 0.477 e. The third-order valence-corrected chi connectivity index (χ3v) is 6.56. The smallest absolute Gasteiger partial charge is 0.275 e. The Morgan fingerprint density at radius 2 is 2.13 bits per heavy atom. The number of fused-ring (bicyclic) bond motifs is 1. The number of carbonyl (C=O) groups excluding carboxylic acids is 1. The number of hydrogen-bond acceptors (Lipinski definition) is 8. The van der Waals surface area contributed by atoms with Gasteiger partial charge in [-0.1, -0.05) is 18.3 Å². The zero-order valence-corrected chi connectivity index (χ0v) is 18.2.